The van der Waals surface area contributed by atoms with E-state index in [9.17, 15) is 4.79 Å². The third kappa shape index (κ3) is 2.09. The number of hydrogen-bond donors (Lipinski definition) is 1. The van der Waals surface area contributed by atoms with Crippen molar-refractivity contribution in [1.82, 2.24) is 20.1 Å². The molecule has 0 fully saturated rings. The van der Waals surface area contributed by atoms with Gasteiger partial charge >= 0.3 is 5.76 Å². The fourth-order valence-electron chi connectivity index (χ4n) is 1.23. The molecule has 0 spiro atoms. The van der Waals surface area contributed by atoms with Crippen molar-refractivity contribution in [1.29, 1.82) is 0 Å². The van der Waals surface area contributed by atoms with Gasteiger partial charge in [-0.1, -0.05) is 18.5 Å². The summed E-state index contributed by atoms with van der Waals surface area (Å²) in [7, 11) is 0. The van der Waals surface area contributed by atoms with E-state index < -0.39 is 5.76 Å². The first-order chi connectivity index (χ1) is 7.29. The number of nitrogens with one attached hydrogen (secondary N) is 1. The molecule has 0 aromatic carbocycles. The van der Waals surface area contributed by atoms with E-state index in [1.54, 1.807) is 6.20 Å². The second kappa shape index (κ2) is 4.04. The molecule has 0 aliphatic rings. The lowest BCUT2D eigenvalue weighted by Gasteiger charge is -1.98. The minimum absolute atomic E-state index is 0.262. The Hall–Kier alpha value is -1.98. The van der Waals surface area contributed by atoms with E-state index in [4.69, 9.17) is 0 Å². The molecule has 15 heavy (non-hydrogen) atoms. The molecule has 0 atom stereocenters. The highest BCUT2D eigenvalue weighted by Gasteiger charge is 2.07. The Morgan fingerprint density at radius 1 is 1.53 bits per heavy atom. The quantitative estimate of drug-likeness (QED) is 0.801. The van der Waals surface area contributed by atoms with Crippen molar-refractivity contribution in [3.8, 4) is 11.6 Å². The van der Waals surface area contributed by atoms with Crippen molar-refractivity contribution >= 4 is 0 Å². The standard InChI is InChI=1S/C9H10N4O2/c1-2-3-6-4-5-10-7(11-6)8-12-9(14)15-13-8/h4-5H,2-3H2,1H3,(H,12,13,14). The Morgan fingerprint density at radius 2 is 2.40 bits per heavy atom. The topological polar surface area (TPSA) is 84.7 Å². The van der Waals surface area contributed by atoms with E-state index in [1.165, 1.54) is 0 Å². The second-order valence-corrected chi connectivity index (χ2v) is 3.07. The Kier molecular flexibility index (Phi) is 2.57. The molecule has 2 aromatic rings. The van der Waals surface area contributed by atoms with E-state index in [-0.39, 0.29) is 5.82 Å². The smallest absolute Gasteiger partial charge is 0.295 e. The molecule has 78 valence electrons. The number of aromatic amines is 1. The normalized spacial score (nSPS) is 10.5. The Morgan fingerprint density at radius 3 is 3.07 bits per heavy atom. The average molecular weight is 206 g/mol. The van der Waals surface area contributed by atoms with Gasteiger partial charge in [-0.3, -0.25) is 9.51 Å². The predicted molar refractivity (Wildman–Crippen MR) is 52.1 cm³/mol. The minimum Gasteiger partial charge on any atom is -0.295 e. The van der Waals surface area contributed by atoms with Crippen LogP contribution in [-0.4, -0.2) is 20.1 Å². The lowest BCUT2D eigenvalue weighted by molar-refractivity contribution is 0.387. The van der Waals surface area contributed by atoms with E-state index in [1.807, 2.05) is 6.07 Å². The number of rotatable bonds is 3. The third-order valence-electron chi connectivity index (χ3n) is 1.87. The lowest BCUT2D eigenvalue weighted by Crippen LogP contribution is -1.98. The summed E-state index contributed by atoms with van der Waals surface area (Å²) in [6.45, 7) is 2.07. The zero-order valence-electron chi connectivity index (χ0n) is 8.23. The highest BCUT2D eigenvalue weighted by Crippen LogP contribution is 2.07. The molecule has 0 saturated carbocycles. The van der Waals surface area contributed by atoms with Crippen LogP contribution >= 0.6 is 0 Å². The highest BCUT2D eigenvalue weighted by molar-refractivity contribution is 5.40. The SMILES string of the molecule is CCCc1ccnc(-c2noc(=O)[nH]2)n1. The minimum atomic E-state index is -0.602. The van der Waals surface area contributed by atoms with Gasteiger partial charge in [0.2, 0.25) is 5.82 Å². The van der Waals surface area contributed by atoms with E-state index in [2.05, 4.69) is 31.6 Å². The van der Waals surface area contributed by atoms with Crippen LogP contribution in [0.4, 0.5) is 0 Å². The maximum Gasteiger partial charge on any atom is 0.439 e. The monoisotopic (exact) mass is 206 g/mol. The van der Waals surface area contributed by atoms with Crippen LogP contribution in [-0.2, 0) is 6.42 Å². The van der Waals surface area contributed by atoms with Crippen molar-refractivity contribution in [2.24, 2.45) is 0 Å². The molecule has 0 amide bonds. The van der Waals surface area contributed by atoms with Crippen molar-refractivity contribution < 1.29 is 4.52 Å². The van der Waals surface area contributed by atoms with E-state index >= 15 is 0 Å². The third-order valence-corrected chi connectivity index (χ3v) is 1.87. The van der Waals surface area contributed by atoms with E-state index in [0.717, 1.165) is 18.5 Å². The summed E-state index contributed by atoms with van der Waals surface area (Å²) < 4.78 is 4.38. The number of H-pyrrole nitrogens is 1. The number of aryl methyl sites for hydroxylation is 1. The Balaban J connectivity index is 2.36. The first-order valence-electron chi connectivity index (χ1n) is 4.68. The number of aromatic nitrogens is 4. The first-order valence-corrected chi connectivity index (χ1v) is 4.68. The zero-order valence-corrected chi connectivity index (χ0v) is 8.23. The van der Waals surface area contributed by atoms with Gasteiger partial charge in [-0.25, -0.2) is 14.8 Å². The summed E-state index contributed by atoms with van der Waals surface area (Å²) in [6.07, 6.45) is 3.52. The molecule has 2 rings (SSSR count). The van der Waals surface area contributed by atoms with Crippen LogP contribution in [0.5, 0.6) is 0 Å². The second-order valence-electron chi connectivity index (χ2n) is 3.07. The molecule has 0 saturated heterocycles. The maximum atomic E-state index is 10.7. The van der Waals surface area contributed by atoms with Crippen LogP contribution in [0.3, 0.4) is 0 Å². The zero-order chi connectivity index (χ0) is 10.7. The summed E-state index contributed by atoms with van der Waals surface area (Å²) in [5.41, 5.74) is 0.923. The van der Waals surface area contributed by atoms with Gasteiger partial charge < -0.3 is 0 Å². The molecule has 1 N–H and O–H groups in total. The van der Waals surface area contributed by atoms with Gasteiger partial charge in [0.25, 0.3) is 0 Å². The van der Waals surface area contributed by atoms with Crippen LogP contribution in [0.15, 0.2) is 21.6 Å². The molecule has 2 aromatic heterocycles. The van der Waals surface area contributed by atoms with Crippen molar-refractivity contribution in [3.05, 3.63) is 28.5 Å². The van der Waals surface area contributed by atoms with Gasteiger partial charge in [0.05, 0.1) is 0 Å². The van der Waals surface area contributed by atoms with Gasteiger partial charge in [-0.05, 0) is 12.5 Å². The number of nitrogens with zero attached hydrogens (tertiary/aromatic N) is 3. The molecule has 0 bridgehead atoms. The number of hydrogen-bond acceptors (Lipinski definition) is 5. The van der Waals surface area contributed by atoms with Gasteiger partial charge in [0, 0.05) is 11.9 Å². The van der Waals surface area contributed by atoms with Gasteiger partial charge in [0.1, 0.15) is 0 Å². The summed E-state index contributed by atoms with van der Waals surface area (Å²) in [5.74, 6) is 0.0410. The molecular weight excluding hydrogens is 196 g/mol. The molecule has 2 heterocycles. The summed E-state index contributed by atoms with van der Waals surface area (Å²) >= 11 is 0. The van der Waals surface area contributed by atoms with Crippen molar-refractivity contribution in [2.45, 2.75) is 19.8 Å². The van der Waals surface area contributed by atoms with Crippen LogP contribution < -0.4 is 5.76 Å². The molecule has 0 aliphatic carbocycles. The summed E-state index contributed by atoms with van der Waals surface area (Å²) in [4.78, 5) is 21.4. The lowest BCUT2D eigenvalue weighted by atomic mass is 10.2. The van der Waals surface area contributed by atoms with Gasteiger partial charge in [0.15, 0.2) is 5.82 Å². The maximum absolute atomic E-state index is 10.7. The van der Waals surface area contributed by atoms with Crippen LogP contribution in [0.25, 0.3) is 11.6 Å². The molecule has 6 nitrogen and oxygen atoms in total. The Labute approximate surface area is 85.4 Å². The average Bonchev–Trinajstić information content (AvgIpc) is 2.66. The fourth-order valence-corrected chi connectivity index (χ4v) is 1.23. The Bertz CT molecular complexity index is 503. The van der Waals surface area contributed by atoms with Crippen molar-refractivity contribution in [2.75, 3.05) is 0 Å². The molecule has 0 radical (unpaired) electrons. The molecule has 0 aliphatic heterocycles. The summed E-state index contributed by atoms with van der Waals surface area (Å²) in [5, 5.41) is 3.52. The van der Waals surface area contributed by atoms with Crippen molar-refractivity contribution in [3.63, 3.8) is 0 Å². The first kappa shape index (κ1) is 9.57. The van der Waals surface area contributed by atoms with E-state index in [0.29, 0.717) is 5.82 Å². The molecular formula is C9H10N4O2. The van der Waals surface area contributed by atoms with Gasteiger partial charge in [-0.2, -0.15) is 0 Å². The van der Waals surface area contributed by atoms with Crippen LogP contribution in [0.2, 0.25) is 0 Å². The molecule has 0 unspecified atom stereocenters. The molecule has 6 heteroatoms. The van der Waals surface area contributed by atoms with Gasteiger partial charge in [-0.15, -0.1) is 0 Å². The predicted octanol–water partition coefficient (Wildman–Crippen LogP) is 0.772. The largest absolute Gasteiger partial charge is 0.439 e. The highest BCUT2D eigenvalue weighted by atomic mass is 16.5. The van der Waals surface area contributed by atoms with Crippen LogP contribution in [0.1, 0.15) is 19.0 Å². The summed E-state index contributed by atoms with van der Waals surface area (Å²) in [6, 6.07) is 1.84. The fraction of sp³-hybridized carbons (Fsp3) is 0.333. The van der Waals surface area contributed by atoms with Crippen LogP contribution in [0, 0.1) is 0 Å².